The van der Waals surface area contributed by atoms with Gasteiger partial charge in [-0.1, -0.05) is 91.0 Å². The van der Waals surface area contributed by atoms with E-state index in [4.69, 9.17) is 5.73 Å². The van der Waals surface area contributed by atoms with Gasteiger partial charge >= 0.3 is 0 Å². The van der Waals surface area contributed by atoms with Gasteiger partial charge in [-0.05, 0) is 42.2 Å². The maximum Gasteiger partial charge on any atom is 0.270 e. The van der Waals surface area contributed by atoms with Gasteiger partial charge < -0.3 is 26.8 Å². The van der Waals surface area contributed by atoms with Crippen LogP contribution in [0.1, 0.15) is 96.5 Å². The molecular formula is C34H51N5O5. The van der Waals surface area contributed by atoms with E-state index >= 15 is 0 Å². The first-order chi connectivity index (χ1) is 20.7. The Kier molecular flexibility index (Phi) is 12.7. The average Bonchev–Trinajstić information content (AvgIpc) is 2.97. The van der Waals surface area contributed by atoms with Gasteiger partial charge in [-0.25, -0.2) is 4.98 Å². The Morgan fingerprint density at radius 3 is 2.30 bits per heavy atom. The minimum Gasteiger partial charge on any atom is -0.391 e. The lowest BCUT2D eigenvalue weighted by molar-refractivity contribution is -0.129. The predicted octanol–water partition coefficient (Wildman–Crippen LogP) is 3.85. The van der Waals surface area contributed by atoms with Gasteiger partial charge in [0.2, 0.25) is 17.7 Å². The van der Waals surface area contributed by atoms with E-state index in [2.05, 4.69) is 20.9 Å². The second-order valence-electron chi connectivity index (χ2n) is 13.9. The summed E-state index contributed by atoms with van der Waals surface area (Å²) in [4.78, 5) is 56.3. The lowest BCUT2D eigenvalue weighted by Gasteiger charge is -2.33. The van der Waals surface area contributed by atoms with Gasteiger partial charge in [0.1, 0.15) is 11.7 Å². The molecule has 6 N–H and O–H groups in total. The summed E-state index contributed by atoms with van der Waals surface area (Å²) in [5.41, 5.74) is 6.11. The van der Waals surface area contributed by atoms with Gasteiger partial charge in [0.25, 0.3) is 5.91 Å². The van der Waals surface area contributed by atoms with Crippen molar-refractivity contribution in [2.75, 3.05) is 6.54 Å². The van der Waals surface area contributed by atoms with Crippen molar-refractivity contribution in [1.82, 2.24) is 20.9 Å². The van der Waals surface area contributed by atoms with Crippen molar-refractivity contribution < 1.29 is 24.3 Å². The molecule has 2 aromatic rings. The number of aromatic nitrogens is 1. The van der Waals surface area contributed by atoms with Crippen molar-refractivity contribution in [3.63, 3.8) is 0 Å². The second kappa shape index (κ2) is 16.0. The number of aliphatic hydroxyl groups excluding tert-OH is 1. The molecule has 1 heterocycles. The molecule has 1 aromatic carbocycles. The third-order valence-corrected chi connectivity index (χ3v) is 8.39. The van der Waals surface area contributed by atoms with Crippen LogP contribution in [0.3, 0.4) is 0 Å². The van der Waals surface area contributed by atoms with E-state index in [1.54, 1.807) is 18.2 Å². The van der Waals surface area contributed by atoms with Crippen molar-refractivity contribution in [2.24, 2.45) is 28.9 Å². The van der Waals surface area contributed by atoms with Crippen LogP contribution in [-0.2, 0) is 14.4 Å². The molecule has 0 bridgehead atoms. The molecule has 1 aromatic heterocycles. The van der Waals surface area contributed by atoms with Gasteiger partial charge in [0.15, 0.2) is 0 Å². The number of pyridine rings is 1. The quantitative estimate of drug-likeness (QED) is 0.218. The number of hydrogen-bond acceptors (Lipinski definition) is 6. The Labute approximate surface area is 261 Å². The fourth-order valence-corrected chi connectivity index (χ4v) is 5.80. The summed E-state index contributed by atoms with van der Waals surface area (Å²) in [6, 6.07) is 8.74. The summed E-state index contributed by atoms with van der Waals surface area (Å²) in [5.74, 6) is -2.30. The van der Waals surface area contributed by atoms with Crippen molar-refractivity contribution in [3.05, 3.63) is 42.1 Å². The molecule has 3 rings (SSSR count). The maximum absolute atomic E-state index is 13.6. The minimum absolute atomic E-state index is 0.0352. The van der Waals surface area contributed by atoms with Gasteiger partial charge in [0, 0.05) is 17.8 Å². The number of nitrogens with zero attached hydrogens (tertiary/aromatic N) is 1. The van der Waals surface area contributed by atoms with Crippen LogP contribution >= 0.6 is 0 Å². The van der Waals surface area contributed by atoms with E-state index in [9.17, 15) is 24.3 Å². The number of aliphatic hydroxyl groups is 1. The smallest absolute Gasteiger partial charge is 0.270 e. The fraction of sp³-hybridized carbons (Fsp3) is 0.618. The summed E-state index contributed by atoms with van der Waals surface area (Å²) >= 11 is 0. The number of hydrogen-bond donors (Lipinski definition) is 5. The molecular weight excluding hydrogens is 558 g/mol. The molecule has 10 heteroatoms. The number of nitrogens with two attached hydrogens (primary N) is 1. The lowest BCUT2D eigenvalue weighted by Crippen LogP contribution is -2.54. The molecule has 0 spiro atoms. The Morgan fingerprint density at radius 1 is 0.977 bits per heavy atom. The van der Waals surface area contributed by atoms with E-state index in [1.807, 2.05) is 52.8 Å². The van der Waals surface area contributed by atoms with Crippen LogP contribution in [0.15, 0.2) is 36.4 Å². The number of benzene rings is 1. The SMILES string of the molecule is CC(C)C(CC(O)C(CC1CCCCC1)NC(=O)C(CC(N)=O)NC(=O)c1ccc2ccccc2n1)C(=O)NCC(C)(C)C. The minimum atomic E-state index is -1.26. The molecule has 4 amide bonds. The van der Waals surface area contributed by atoms with Crippen LogP contribution in [0.2, 0.25) is 0 Å². The number of carbonyl (C=O) groups is 4. The fourth-order valence-electron chi connectivity index (χ4n) is 5.80. The van der Waals surface area contributed by atoms with Crippen LogP contribution in [0, 0.1) is 23.2 Å². The largest absolute Gasteiger partial charge is 0.391 e. The number of primary amides is 1. The summed E-state index contributed by atoms with van der Waals surface area (Å²) in [6.07, 6.45) is 4.59. The zero-order valence-corrected chi connectivity index (χ0v) is 26.9. The van der Waals surface area contributed by atoms with E-state index in [0.717, 1.165) is 37.5 Å². The Hall–Kier alpha value is -3.53. The maximum atomic E-state index is 13.6. The van der Waals surface area contributed by atoms with Crippen LogP contribution < -0.4 is 21.7 Å². The molecule has 4 unspecified atom stereocenters. The van der Waals surface area contributed by atoms with Gasteiger partial charge in [-0.2, -0.15) is 0 Å². The zero-order valence-electron chi connectivity index (χ0n) is 26.9. The molecule has 1 aliphatic rings. The van der Waals surface area contributed by atoms with Crippen LogP contribution in [0.5, 0.6) is 0 Å². The highest BCUT2D eigenvalue weighted by Crippen LogP contribution is 2.30. The van der Waals surface area contributed by atoms with E-state index in [1.165, 1.54) is 0 Å². The van der Waals surface area contributed by atoms with Crippen molar-refractivity contribution in [1.29, 1.82) is 0 Å². The molecule has 0 saturated heterocycles. The molecule has 1 saturated carbocycles. The van der Waals surface area contributed by atoms with Crippen molar-refractivity contribution >= 4 is 34.5 Å². The standard InChI is InChI=1S/C34H51N5O5/c1-21(2)24(31(42)36-20-34(3,4)5)18-29(40)27(17-22-11-7-6-8-12-22)38-33(44)28(19-30(35)41)39-32(43)26-16-15-23-13-9-10-14-25(23)37-26/h9-10,13-16,21-22,24,27-29,40H,6-8,11-12,17-20H2,1-5H3,(H2,35,41)(H,36,42)(H,38,44)(H,39,43). The van der Waals surface area contributed by atoms with Gasteiger partial charge in [-0.3, -0.25) is 19.2 Å². The molecule has 242 valence electrons. The number of para-hydroxylation sites is 1. The zero-order chi connectivity index (χ0) is 32.4. The number of carbonyl (C=O) groups excluding carboxylic acids is 4. The Balaban J connectivity index is 1.78. The van der Waals surface area contributed by atoms with E-state index < -0.39 is 48.2 Å². The highest BCUT2D eigenvalue weighted by Gasteiger charge is 2.34. The number of rotatable bonds is 14. The third kappa shape index (κ3) is 10.9. The molecule has 0 aliphatic heterocycles. The molecule has 10 nitrogen and oxygen atoms in total. The molecule has 1 fully saturated rings. The van der Waals surface area contributed by atoms with Crippen molar-refractivity contribution in [2.45, 2.75) is 104 Å². The molecule has 4 atom stereocenters. The summed E-state index contributed by atoms with van der Waals surface area (Å²) < 4.78 is 0. The number of amides is 4. The molecule has 0 radical (unpaired) electrons. The van der Waals surface area contributed by atoms with Crippen LogP contribution in [-0.4, -0.2) is 58.5 Å². The number of fused-ring (bicyclic) bond motifs is 1. The second-order valence-corrected chi connectivity index (χ2v) is 13.9. The van der Waals surface area contributed by atoms with Gasteiger partial charge in [-0.15, -0.1) is 0 Å². The van der Waals surface area contributed by atoms with Crippen molar-refractivity contribution in [3.8, 4) is 0 Å². The summed E-state index contributed by atoms with van der Waals surface area (Å²) in [5, 5.41) is 21.0. The topological polar surface area (TPSA) is 164 Å². The first-order valence-electron chi connectivity index (χ1n) is 15.9. The Morgan fingerprint density at radius 2 is 1.66 bits per heavy atom. The average molecular weight is 610 g/mol. The molecule has 44 heavy (non-hydrogen) atoms. The highest BCUT2D eigenvalue weighted by molar-refractivity contribution is 5.99. The first kappa shape index (κ1) is 35.0. The predicted molar refractivity (Wildman–Crippen MR) is 171 cm³/mol. The normalized spacial score (nSPS) is 17.0. The van der Waals surface area contributed by atoms with E-state index in [0.29, 0.717) is 24.4 Å². The Bertz CT molecular complexity index is 1280. The monoisotopic (exact) mass is 609 g/mol. The lowest BCUT2D eigenvalue weighted by atomic mass is 9.81. The number of nitrogens with one attached hydrogen (secondary N) is 3. The van der Waals surface area contributed by atoms with Crippen LogP contribution in [0.25, 0.3) is 10.9 Å². The molecule has 1 aliphatic carbocycles. The van der Waals surface area contributed by atoms with Crippen LogP contribution in [0.4, 0.5) is 0 Å². The third-order valence-electron chi connectivity index (χ3n) is 8.39. The summed E-state index contributed by atoms with van der Waals surface area (Å²) in [7, 11) is 0. The highest BCUT2D eigenvalue weighted by atomic mass is 16.3. The van der Waals surface area contributed by atoms with Gasteiger partial charge in [0.05, 0.1) is 24.1 Å². The summed E-state index contributed by atoms with van der Waals surface area (Å²) in [6.45, 7) is 10.5. The van der Waals surface area contributed by atoms with E-state index in [-0.39, 0.29) is 29.4 Å². The first-order valence-corrected chi connectivity index (χ1v) is 15.9.